The molecule has 36 nitrogen and oxygen atoms in total. The lowest BCUT2D eigenvalue weighted by Gasteiger charge is -2.19. The molecule has 19 rings (SSSR count). The van der Waals surface area contributed by atoms with Crippen molar-refractivity contribution >= 4 is 115 Å². The van der Waals surface area contributed by atoms with Gasteiger partial charge in [-0.25, -0.2) is 42.7 Å². The fourth-order valence-electron chi connectivity index (χ4n) is 18.0. The number of hydrogen-bond donors (Lipinski definition) is 14. The molecule has 1 fully saturated rings. The van der Waals surface area contributed by atoms with Crippen LogP contribution in [0.4, 0.5) is 0 Å². The third kappa shape index (κ3) is 20.8. The first-order valence-corrected chi connectivity index (χ1v) is 46.4. The number of rotatable bonds is 26. The Balaban J connectivity index is 0.000000167. The van der Waals surface area contributed by atoms with Crippen LogP contribution < -0.4 is 63.0 Å². The molecule has 752 valence electrons. The predicted molar refractivity (Wildman–Crippen MR) is 551 cm³/mol. The van der Waals surface area contributed by atoms with Crippen molar-refractivity contribution in [3.63, 3.8) is 0 Å². The summed E-state index contributed by atoms with van der Waals surface area (Å²) < 4.78 is 28.7. The van der Waals surface area contributed by atoms with Crippen LogP contribution in [0.5, 0.6) is 11.5 Å². The van der Waals surface area contributed by atoms with E-state index < -0.39 is 76.7 Å². The van der Waals surface area contributed by atoms with Crippen LogP contribution in [0.3, 0.4) is 0 Å². The van der Waals surface area contributed by atoms with E-state index >= 15 is 0 Å². The summed E-state index contributed by atoms with van der Waals surface area (Å²) in [5.41, 5.74) is 15.2. The van der Waals surface area contributed by atoms with Crippen LogP contribution in [0.1, 0.15) is 150 Å². The number of benzene rings is 14. The molecule has 5 heterocycles. The zero-order chi connectivity index (χ0) is 107. The Morgan fingerprint density at radius 2 is 0.647 bits per heavy atom. The van der Waals surface area contributed by atoms with Crippen molar-refractivity contribution in [2.24, 2.45) is 5.73 Å². The highest BCUT2D eigenvalue weighted by Gasteiger charge is 2.35. The first kappa shape index (κ1) is 102. The molecule has 0 bridgehead atoms. The third-order valence-electron chi connectivity index (χ3n) is 25.4. The van der Waals surface area contributed by atoms with Gasteiger partial charge in [-0.15, -0.1) is 5.06 Å². The van der Waals surface area contributed by atoms with Gasteiger partial charge >= 0.3 is 41.8 Å². The fourth-order valence-corrected chi connectivity index (χ4v) is 18.0. The number of hydrogen-bond acceptors (Lipinski definition) is 24. The Hall–Kier alpha value is -19.7. The molecular weight excluding hydrogens is 1930 g/mol. The first-order valence-electron chi connectivity index (χ1n) is 46.4. The van der Waals surface area contributed by atoms with E-state index in [9.17, 15) is 108 Å². The highest BCUT2D eigenvalue weighted by molar-refractivity contribution is 6.15. The van der Waals surface area contributed by atoms with Gasteiger partial charge in [0.1, 0.15) is 85.1 Å². The average Bonchev–Trinajstić information content (AvgIpc) is 0.783. The maximum absolute atomic E-state index is 13.6. The van der Waals surface area contributed by atoms with Crippen molar-refractivity contribution in [1.82, 2.24) is 40.8 Å². The second-order valence-corrected chi connectivity index (χ2v) is 35.5. The number of nitrogens with zero attached hydrogens (tertiary/aromatic N) is 3. The minimum atomic E-state index is -1.40. The van der Waals surface area contributed by atoms with Crippen LogP contribution in [0.2, 0.25) is 0 Å². The molecule has 0 spiro atoms. The van der Waals surface area contributed by atoms with Gasteiger partial charge in [-0.3, -0.25) is 33.6 Å². The van der Waals surface area contributed by atoms with E-state index in [2.05, 4.69) is 26.6 Å². The zero-order valence-electron chi connectivity index (χ0n) is 80.7. The summed E-state index contributed by atoms with van der Waals surface area (Å²) in [7, 11) is 11.4. The van der Waals surface area contributed by atoms with E-state index in [-0.39, 0.29) is 151 Å². The number of carboxylic acids is 6. The van der Waals surface area contributed by atoms with Crippen molar-refractivity contribution < 1.29 is 121 Å². The molecule has 1 saturated heterocycles. The van der Waals surface area contributed by atoms with E-state index in [1.807, 2.05) is 124 Å². The van der Waals surface area contributed by atoms with Crippen molar-refractivity contribution in [1.29, 1.82) is 0 Å². The Bertz CT molecular complexity index is 8840. The number of aromatic carboxylic acids is 6. The molecule has 5 amide bonds. The van der Waals surface area contributed by atoms with E-state index in [1.54, 1.807) is 66.7 Å². The molecule has 0 atom stereocenters. The summed E-state index contributed by atoms with van der Waals surface area (Å²) in [5, 5.41) is 100.0. The lowest BCUT2D eigenvalue weighted by molar-refractivity contribution is -0.172. The Kier molecular flexibility index (Phi) is 28.9. The van der Waals surface area contributed by atoms with Gasteiger partial charge in [0.05, 0.1) is 68.7 Å². The van der Waals surface area contributed by atoms with Crippen molar-refractivity contribution in [2.45, 2.75) is 52.1 Å². The number of carboxylic acid groups (broad SMARTS) is 6. The van der Waals surface area contributed by atoms with Crippen LogP contribution in [0.15, 0.2) is 282 Å². The number of nitrogens with two attached hydrogens (primary N) is 1. The normalized spacial score (nSPS) is 11.7. The Morgan fingerprint density at radius 1 is 0.327 bits per heavy atom. The van der Waals surface area contributed by atoms with Crippen LogP contribution in [-0.4, -0.2) is 160 Å². The number of imide groups is 1. The molecule has 150 heavy (non-hydrogen) atoms. The number of fused-ring (bicyclic) bond motifs is 8. The van der Waals surface area contributed by atoms with Crippen molar-refractivity contribution in [3.05, 3.63) is 375 Å². The second kappa shape index (κ2) is 42.7. The molecular formula is C114H91N9O27+2. The SMILES string of the molecule is CNCc1ccc2c(-c3ccc(C(=O)NCc4ccc(C(=O)NCc5c(O)ccc6c(-c7ccc(C(=O)O)cc7C(=O)O)c7ccc(=O)cc-7oc56)cc4)cc3C(=O)O)c3ccc(=[N+](C)C)cc-3oc2c1.CNCc1ccc2c(-c3ccc(C(=O)NCc4ccc(C(=O)ON5C(=O)CCC5=O)cc4)cc3C(=O)O)c3ccc(=[N+](C)C)cc-3oc2c1.NCc1c(O)ccc2c(-c3ccc(C(=O)O)cc3C(=O)O)c3ccc(=O)cc-3oc12. The monoisotopic (exact) mass is 2020 g/mol. The maximum atomic E-state index is 13.6. The molecule has 0 aromatic heterocycles. The van der Waals surface area contributed by atoms with E-state index in [4.69, 9.17) is 28.2 Å². The van der Waals surface area contributed by atoms with E-state index in [0.717, 1.165) is 44.9 Å². The number of carbonyl (C=O) groups excluding carboxylic acids is 6. The predicted octanol–water partition coefficient (Wildman–Crippen LogP) is 14.4. The van der Waals surface area contributed by atoms with Crippen LogP contribution in [-0.2, 0) is 53.7 Å². The minimum absolute atomic E-state index is 0.00642. The van der Waals surface area contributed by atoms with Gasteiger partial charge in [0, 0.05) is 153 Å². The molecule has 0 radical (unpaired) electrons. The number of phenols is 2. The van der Waals surface area contributed by atoms with Gasteiger partial charge < -0.3 is 95.7 Å². The van der Waals surface area contributed by atoms with Crippen LogP contribution in [0.25, 0.3) is 134 Å². The van der Waals surface area contributed by atoms with E-state index in [0.29, 0.717) is 124 Å². The summed E-state index contributed by atoms with van der Waals surface area (Å²) in [6.07, 6.45) is -0.0128. The Labute approximate surface area is 848 Å². The third-order valence-corrected chi connectivity index (χ3v) is 25.4. The first-order chi connectivity index (χ1) is 71.9. The number of hydroxylamine groups is 2. The molecule has 0 saturated carbocycles. The molecule has 15 N–H and O–H groups in total. The molecule has 9 aliphatic rings. The van der Waals surface area contributed by atoms with E-state index in [1.165, 1.54) is 103 Å². The summed E-state index contributed by atoms with van der Waals surface area (Å²) >= 11 is 0. The fraction of sp³-hybridized carbons (Fsp3) is 0.123. The zero-order valence-corrected chi connectivity index (χ0v) is 80.7. The lowest BCUT2D eigenvalue weighted by atomic mass is 9.89. The topological polar surface area (TPSA) is 558 Å². The second-order valence-electron chi connectivity index (χ2n) is 35.5. The molecule has 36 heteroatoms. The highest BCUT2D eigenvalue weighted by atomic mass is 16.7. The van der Waals surface area contributed by atoms with Gasteiger partial charge in [-0.05, 0) is 204 Å². The number of nitrogens with one attached hydrogen (secondary N) is 5. The summed E-state index contributed by atoms with van der Waals surface area (Å²) in [4.78, 5) is 179. The maximum Gasteiger partial charge on any atom is 0.363 e. The number of phenolic OH excluding ortho intramolecular Hbond substituents is 2. The van der Waals surface area contributed by atoms with Gasteiger partial charge in [0.2, 0.25) is 10.7 Å². The van der Waals surface area contributed by atoms with Crippen molar-refractivity contribution in [2.75, 3.05) is 42.3 Å². The summed E-state index contributed by atoms with van der Waals surface area (Å²) in [6, 6.07) is 66.0. The standard InChI is InChI=1S/C55H42N4O12.C37H32N4O8.C22H15NO7/c1-56-25-29-6-13-37-45(20-29)70-46-23-33(59(2)3)11-16-38(46)48(37)35-14-9-31(21-41(35)54(66)67)52(63)57-26-28-4-7-30(8-5-28)51(62)58-27-43-44(61)19-18-40-49(39-17-12-34(60)24-47(39)71-50(40)43)36-15-10-32(53(64)65)22-42(36)55(68)69;1-38-19-22-6-11-27-30(16-22)48-31-18-25(40(2)3)10-13-28(31)34(27)26-12-9-24(17-29(26)36(45)46)35(44)39-20-21-4-7-23(8-5-21)37(47)49-41-32(42)14-15-33(41)43;23-9-16-17(25)6-5-14-19(13-4-2-11(24)8-18(13)30-20(14)16)12-3-1-10(21(26)27)7-15(12)22(28)29/h4-24,56H,25-27H2,1-3H3,(H5-,57,58,60,61,62,63,64,65,66,67,68,69);4-13,16-18,38H,14-15,19-20H2,1-3H3,(H-,39,44,45,46);1-8,25H,9,23H2,(H,26,27)(H,28,29)/p+2. The highest BCUT2D eigenvalue weighted by Crippen LogP contribution is 2.49. The molecule has 5 aliphatic heterocycles. The molecule has 4 aliphatic carbocycles. The van der Waals surface area contributed by atoms with Crippen molar-refractivity contribution in [3.8, 4) is 101 Å². The number of amides is 5. The average molecular weight is 2020 g/mol. The van der Waals surface area contributed by atoms with Gasteiger partial charge in [-0.2, -0.15) is 0 Å². The molecule has 0 unspecified atom stereocenters. The minimum Gasteiger partial charge on any atom is -0.507 e. The summed E-state index contributed by atoms with van der Waals surface area (Å²) in [5.74, 6) is -10.2. The molecule has 10 aromatic rings. The molecule has 10 aromatic carbocycles. The number of carbonyl (C=O) groups is 12. The van der Waals surface area contributed by atoms with Gasteiger partial charge in [-0.1, -0.05) is 72.8 Å². The van der Waals surface area contributed by atoms with Gasteiger partial charge in [0.15, 0.2) is 10.9 Å². The lowest BCUT2D eigenvalue weighted by Crippen LogP contribution is -2.32. The Morgan fingerprint density at radius 3 is 1.03 bits per heavy atom. The quantitative estimate of drug-likeness (QED) is 0.0136. The smallest absolute Gasteiger partial charge is 0.363 e. The van der Waals surface area contributed by atoms with Crippen LogP contribution >= 0.6 is 0 Å². The summed E-state index contributed by atoms with van der Waals surface area (Å²) in [6.45, 7) is 1.02. The number of aromatic hydroxyl groups is 2. The van der Waals surface area contributed by atoms with Gasteiger partial charge in [0.25, 0.3) is 29.5 Å². The largest absolute Gasteiger partial charge is 0.507 e. The van der Waals surface area contributed by atoms with Crippen LogP contribution in [0, 0.1) is 0 Å².